The van der Waals surface area contributed by atoms with Crippen LogP contribution in [0.4, 0.5) is 5.69 Å². The van der Waals surface area contributed by atoms with E-state index < -0.39 is 0 Å². The summed E-state index contributed by atoms with van der Waals surface area (Å²) in [5, 5.41) is 7.78. The highest BCUT2D eigenvalue weighted by molar-refractivity contribution is 6.00. The maximum Gasteiger partial charge on any atom is 0.124 e. The van der Waals surface area contributed by atoms with Crippen LogP contribution < -0.4 is 15.4 Å². The van der Waals surface area contributed by atoms with Crippen LogP contribution in [0.25, 0.3) is 0 Å². The largest absolute Gasteiger partial charge is 0.497 e. The molecule has 1 aliphatic heterocycles. The first-order valence-corrected chi connectivity index (χ1v) is 7.03. The summed E-state index contributed by atoms with van der Waals surface area (Å²) in [6, 6.07) is 14.2. The molecule has 0 bridgehead atoms. The van der Waals surface area contributed by atoms with Crippen LogP contribution in [0.3, 0.4) is 0 Å². The summed E-state index contributed by atoms with van der Waals surface area (Å²) in [5.74, 6) is 0.875. The topological polar surface area (TPSA) is 62.3 Å². The Morgan fingerprint density at radius 2 is 1.95 bits per heavy atom. The van der Waals surface area contributed by atoms with E-state index in [0.717, 1.165) is 36.5 Å². The average molecular weight is 281 g/mol. The monoisotopic (exact) mass is 281 g/mol. The number of nitrogen functional groups attached to an aromatic ring is 1. The predicted octanol–water partition coefficient (Wildman–Crippen LogP) is 2.54. The van der Waals surface area contributed by atoms with Crippen LogP contribution in [-0.4, -0.2) is 19.5 Å². The highest BCUT2D eigenvalue weighted by Gasteiger charge is 2.19. The second kappa shape index (κ2) is 5.48. The van der Waals surface area contributed by atoms with Crippen LogP contribution in [0.5, 0.6) is 5.75 Å². The number of methoxy groups -OCH3 is 1. The van der Waals surface area contributed by atoms with Gasteiger partial charge in [0.1, 0.15) is 11.6 Å². The maximum atomic E-state index is 7.78. The molecule has 2 aromatic rings. The molecule has 1 aliphatic rings. The summed E-state index contributed by atoms with van der Waals surface area (Å²) in [7, 11) is 1.65. The molecule has 0 saturated heterocycles. The Morgan fingerprint density at radius 1 is 1.19 bits per heavy atom. The number of nitrogens with two attached hydrogens (primary N) is 1. The Morgan fingerprint density at radius 3 is 2.67 bits per heavy atom. The van der Waals surface area contributed by atoms with Gasteiger partial charge in [0.2, 0.25) is 0 Å². The molecule has 0 spiro atoms. The number of hydrogen-bond acceptors (Lipinski definition) is 3. The number of nitrogens with one attached hydrogen (secondary N) is 1. The maximum absolute atomic E-state index is 7.78. The van der Waals surface area contributed by atoms with Gasteiger partial charge in [-0.3, -0.25) is 5.41 Å². The molecule has 108 valence electrons. The molecule has 3 N–H and O–H groups in total. The molecule has 21 heavy (non-hydrogen) atoms. The highest BCUT2D eigenvalue weighted by atomic mass is 16.5. The van der Waals surface area contributed by atoms with Crippen molar-refractivity contribution in [1.82, 2.24) is 0 Å². The van der Waals surface area contributed by atoms with Crippen molar-refractivity contribution >= 4 is 11.5 Å². The van der Waals surface area contributed by atoms with Gasteiger partial charge in [0.05, 0.1) is 12.8 Å². The first kappa shape index (κ1) is 13.5. The molecule has 0 fully saturated rings. The molecule has 4 nitrogen and oxygen atoms in total. The zero-order valence-corrected chi connectivity index (χ0v) is 12.1. The smallest absolute Gasteiger partial charge is 0.124 e. The van der Waals surface area contributed by atoms with Crippen LogP contribution in [0.1, 0.15) is 16.7 Å². The number of ether oxygens (including phenoxy) is 1. The molecule has 3 rings (SSSR count). The molecule has 0 saturated carbocycles. The van der Waals surface area contributed by atoms with E-state index in [1.165, 1.54) is 11.1 Å². The minimum Gasteiger partial charge on any atom is -0.497 e. The first-order valence-electron chi connectivity index (χ1n) is 7.03. The van der Waals surface area contributed by atoms with Crippen molar-refractivity contribution in [3.05, 3.63) is 59.2 Å². The number of anilines is 1. The van der Waals surface area contributed by atoms with Gasteiger partial charge in [-0.1, -0.05) is 24.3 Å². The van der Waals surface area contributed by atoms with E-state index in [-0.39, 0.29) is 5.84 Å². The molecule has 0 radical (unpaired) electrons. The SMILES string of the molecule is COc1ccc(C(=N)N)c(N2CCc3ccccc3C2)c1. The van der Waals surface area contributed by atoms with E-state index >= 15 is 0 Å². The van der Waals surface area contributed by atoms with Gasteiger partial charge in [0, 0.05) is 24.7 Å². The van der Waals surface area contributed by atoms with Gasteiger partial charge in [0.15, 0.2) is 0 Å². The molecular weight excluding hydrogens is 262 g/mol. The Kier molecular flexibility index (Phi) is 3.52. The average Bonchev–Trinajstić information content (AvgIpc) is 2.53. The van der Waals surface area contributed by atoms with Gasteiger partial charge < -0.3 is 15.4 Å². The fourth-order valence-corrected chi connectivity index (χ4v) is 2.83. The second-order valence-electron chi connectivity index (χ2n) is 5.24. The zero-order valence-electron chi connectivity index (χ0n) is 12.1. The predicted molar refractivity (Wildman–Crippen MR) is 85.2 cm³/mol. The van der Waals surface area contributed by atoms with E-state index in [2.05, 4.69) is 29.2 Å². The minimum atomic E-state index is 0.0894. The molecule has 2 aromatic carbocycles. The quantitative estimate of drug-likeness (QED) is 0.671. The summed E-state index contributed by atoms with van der Waals surface area (Å²) in [5.41, 5.74) is 10.2. The Hall–Kier alpha value is -2.49. The molecular formula is C17H19N3O. The lowest BCUT2D eigenvalue weighted by Crippen LogP contribution is -2.32. The van der Waals surface area contributed by atoms with Gasteiger partial charge in [0.25, 0.3) is 0 Å². The number of fused-ring (bicyclic) bond motifs is 1. The van der Waals surface area contributed by atoms with E-state index in [9.17, 15) is 0 Å². The van der Waals surface area contributed by atoms with Crippen molar-refractivity contribution in [1.29, 1.82) is 5.41 Å². The van der Waals surface area contributed by atoms with Crippen LogP contribution in [0, 0.1) is 5.41 Å². The van der Waals surface area contributed by atoms with Crippen LogP contribution >= 0.6 is 0 Å². The summed E-state index contributed by atoms with van der Waals surface area (Å²) >= 11 is 0. The molecule has 0 unspecified atom stereocenters. The van der Waals surface area contributed by atoms with E-state index in [1.54, 1.807) is 7.11 Å². The number of amidine groups is 1. The van der Waals surface area contributed by atoms with Gasteiger partial charge in [-0.25, -0.2) is 0 Å². The van der Waals surface area contributed by atoms with E-state index in [0.29, 0.717) is 0 Å². The lowest BCUT2D eigenvalue weighted by atomic mass is 9.98. The lowest BCUT2D eigenvalue weighted by molar-refractivity contribution is 0.414. The van der Waals surface area contributed by atoms with Crippen molar-refractivity contribution in [3.63, 3.8) is 0 Å². The van der Waals surface area contributed by atoms with Crippen molar-refractivity contribution in [2.45, 2.75) is 13.0 Å². The summed E-state index contributed by atoms with van der Waals surface area (Å²) < 4.78 is 5.31. The van der Waals surface area contributed by atoms with Gasteiger partial charge in [-0.2, -0.15) is 0 Å². The van der Waals surface area contributed by atoms with Gasteiger partial charge in [-0.15, -0.1) is 0 Å². The summed E-state index contributed by atoms with van der Waals surface area (Å²) in [4.78, 5) is 2.27. The fraction of sp³-hybridized carbons (Fsp3) is 0.235. The number of nitrogens with zero attached hydrogens (tertiary/aromatic N) is 1. The third kappa shape index (κ3) is 2.57. The van der Waals surface area contributed by atoms with Crippen LogP contribution in [-0.2, 0) is 13.0 Å². The molecule has 0 aliphatic carbocycles. The van der Waals surface area contributed by atoms with E-state index in [1.807, 2.05) is 18.2 Å². The molecule has 0 atom stereocenters. The number of benzene rings is 2. The molecule has 1 heterocycles. The highest BCUT2D eigenvalue weighted by Crippen LogP contribution is 2.30. The number of rotatable bonds is 3. The summed E-state index contributed by atoms with van der Waals surface area (Å²) in [6.45, 7) is 1.76. The zero-order chi connectivity index (χ0) is 14.8. The Bertz CT molecular complexity index is 681. The minimum absolute atomic E-state index is 0.0894. The van der Waals surface area contributed by atoms with Gasteiger partial charge >= 0.3 is 0 Å². The normalized spacial score (nSPS) is 13.7. The van der Waals surface area contributed by atoms with Crippen LogP contribution in [0.15, 0.2) is 42.5 Å². The lowest BCUT2D eigenvalue weighted by Gasteiger charge is -2.32. The van der Waals surface area contributed by atoms with Crippen molar-refractivity contribution in [3.8, 4) is 5.75 Å². The summed E-state index contributed by atoms with van der Waals surface area (Å²) in [6.07, 6.45) is 1.00. The Labute approximate surface area is 124 Å². The van der Waals surface area contributed by atoms with Gasteiger partial charge in [-0.05, 0) is 29.7 Å². The van der Waals surface area contributed by atoms with Crippen molar-refractivity contribution < 1.29 is 4.74 Å². The first-order chi connectivity index (χ1) is 10.2. The molecule has 0 aromatic heterocycles. The van der Waals surface area contributed by atoms with Crippen LogP contribution in [0.2, 0.25) is 0 Å². The molecule has 4 heteroatoms. The standard InChI is InChI=1S/C17H19N3O/c1-21-14-6-7-15(17(18)19)16(10-14)20-9-8-12-4-2-3-5-13(12)11-20/h2-7,10H,8-9,11H2,1H3,(H3,18,19). The molecule has 0 amide bonds. The second-order valence-corrected chi connectivity index (χ2v) is 5.24. The third-order valence-electron chi connectivity index (χ3n) is 3.97. The van der Waals surface area contributed by atoms with Crippen molar-refractivity contribution in [2.75, 3.05) is 18.6 Å². The van der Waals surface area contributed by atoms with E-state index in [4.69, 9.17) is 15.9 Å². The third-order valence-corrected chi connectivity index (χ3v) is 3.97. The Balaban J connectivity index is 1.99. The fourth-order valence-electron chi connectivity index (χ4n) is 2.83. The van der Waals surface area contributed by atoms with Crippen molar-refractivity contribution in [2.24, 2.45) is 5.73 Å². The number of hydrogen-bond donors (Lipinski definition) is 2.